The monoisotopic (exact) mass is 258 g/mol. The average Bonchev–Trinajstić information content (AvgIpc) is 2.95. The molecule has 0 unspecified atom stereocenters. The van der Waals surface area contributed by atoms with Crippen LogP contribution in [0.3, 0.4) is 0 Å². The summed E-state index contributed by atoms with van der Waals surface area (Å²) in [5.41, 5.74) is 1.75. The minimum absolute atomic E-state index is 0.160. The molecule has 0 saturated carbocycles. The highest BCUT2D eigenvalue weighted by Gasteiger charge is 2.17. The van der Waals surface area contributed by atoms with E-state index in [-0.39, 0.29) is 11.5 Å². The van der Waals surface area contributed by atoms with Gasteiger partial charge in [-0.1, -0.05) is 17.3 Å². The number of rotatable bonds is 2. The van der Waals surface area contributed by atoms with E-state index in [0.717, 1.165) is 5.39 Å². The predicted octanol–water partition coefficient (Wildman–Crippen LogP) is 2.24. The quantitative estimate of drug-likeness (QED) is 0.735. The Morgan fingerprint density at radius 1 is 1.37 bits per heavy atom. The van der Waals surface area contributed by atoms with Crippen molar-refractivity contribution >= 4 is 16.9 Å². The second kappa shape index (κ2) is 3.88. The van der Waals surface area contributed by atoms with Crippen LogP contribution in [0.25, 0.3) is 22.3 Å². The van der Waals surface area contributed by atoms with Crippen molar-refractivity contribution in [3.05, 3.63) is 36.1 Å². The van der Waals surface area contributed by atoms with Gasteiger partial charge in [0.1, 0.15) is 11.4 Å². The first-order valence-electron chi connectivity index (χ1n) is 5.55. The molecule has 0 saturated heterocycles. The highest BCUT2D eigenvalue weighted by molar-refractivity contribution is 5.91. The summed E-state index contributed by atoms with van der Waals surface area (Å²) < 4.78 is 6.48. The Labute approximate surface area is 107 Å². The summed E-state index contributed by atoms with van der Waals surface area (Å²) in [4.78, 5) is 10.8. The van der Waals surface area contributed by atoms with Gasteiger partial charge in [-0.15, -0.1) is 0 Å². The van der Waals surface area contributed by atoms with E-state index in [0.29, 0.717) is 16.9 Å². The third-order valence-electron chi connectivity index (χ3n) is 3.02. The molecule has 1 aromatic carbocycles. The molecule has 0 aliphatic carbocycles. The summed E-state index contributed by atoms with van der Waals surface area (Å²) in [5.74, 6) is -1.22. The second-order valence-electron chi connectivity index (χ2n) is 4.19. The van der Waals surface area contributed by atoms with Crippen LogP contribution in [-0.4, -0.2) is 25.9 Å². The van der Waals surface area contributed by atoms with Gasteiger partial charge in [-0.3, -0.25) is 0 Å². The summed E-state index contributed by atoms with van der Waals surface area (Å²) in [6, 6.07) is 8.37. The summed E-state index contributed by atoms with van der Waals surface area (Å²) >= 11 is 0. The molecule has 0 amide bonds. The van der Waals surface area contributed by atoms with Crippen molar-refractivity contribution in [3.8, 4) is 17.1 Å². The Morgan fingerprint density at radius 3 is 2.79 bits per heavy atom. The van der Waals surface area contributed by atoms with E-state index in [2.05, 4.69) is 5.16 Å². The number of carboxylic acid groups (broad SMARTS) is 1. The molecular formula is C13H10N2O4. The van der Waals surface area contributed by atoms with Crippen LogP contribution in [0.15, 0.2) is 34.9 Å². The molecule has 6 heteroatoms. The van der Waals surface area contributed by atoms with Gasteiger partial charge in [-0.25, -0.2) is 4.79 Å². The molecule has 6 nitrogen and oxygen atoms in total. The smallest absolute Gasteiger partial charge is 0.374 e. The van der Waals surface area contributed by atoms with Crippen molar-refractivity contribution in [1.29, 1.82) is 0 Å². The number of carbonyl (C=O) groups is 1. The highest BCUT2D eigenvalue weighted by Crippen LogP contribution is 2.31. The number of aromatic carboxylic acids is 1. The van der Waals surface area contributed by atoms with Crippen LogP contribution in [0.5, 0.6) is 5.75 Å². The minimum atomic E-state index is -1.17. The molecule has 19 heavy (non-hydrogen) atoms. The van der Waals surface area contributed by atoms with Crippen molar-refractivity contribution in [3.63, 3.8) is 0 Å². The number of phenols is 1. The average molecular weight is 258 g/mol. The van der Waals surface area contributed by atoms with Gasteiger partial charge in [-0.05, 0) is 12.1 Å². The van der Waals surface area contributed by atoms with E-state index < -0.39 is 5.97 Å². The number of phenolic OH excluding ortho intramolecular Hbond substituents is 1. The number of nitrogens with zero attached hydrogens (tertiary/aromatic N) is 2. The molecule has 0 atom stereocenters. The zero-order valence-electron chi connectivity index (χ0n) is 9.99. The number of aryl methyl sites for hydroxylation is 1. The number of aromatic hydroxyl groups is 1. The van der Waals surface area contributed by atoms with E-state index >= 15 is 0 Å². The van der Waals surface area contributed by atoms with E-state index in [9.17, 15) is 9.90 Å². The lowest BCUT2D eigenvalue weighted by molar-refractivity contribution is 0.0652. The molecule has 3 aromatic rings. The summed E-state index contributed by atoms with van der Waals surface area (Å²) in [7, 11) is 1.77. The lowest BCUT2D eigenvalue weighted by Crippen LogP contribution is -1.93. The van der Waals surface area contributed by atoms with Crippen molar-refractivity contribution in [2.24, 2.45) is 7.05 Å². The first kappa shape index (κ1) is 11.3. The zero-order valence-corrected chi connectivity index (χ0v) is 9.99. The molecule has 3 rings (SSSR count). The van der Waals surface area contributed by atoms with Gasteiger partial charge >= 0.3 is 5.97 Å². The molecule has 0 radical (unpaired) electrons. The zero-order chi connectivity index (χ0) is 13.6. The van der Waals surface area contributed by atoms with Crippen LogP contribution in [0, 0.1) is 0 Å². The Balaban J connectivity index is 2.22. The van der Waals surface area contributed by atoms with Gasteiger partial charge in [0.05, 0.1) is 11.2 Å². The maximum atomic E-state index is 10.8. The molecule has 2 heterocycles. The molecule has 0 aliphatic heterocycles. The van der Waals surface area contributed by atoms with Crippen molar-refractivity contribution in [2.75, 3.05) is 0 Å². The fourth-order valence-corrected chi connectivity index (χ4v) is 2.14. The lowest BCUT2D eigenvalue weighted by atomic mass is 10.2. The molecule has 0 fully saturated rings. The maximum Gasteiger partial charge on any atom is 0.374 e. The van der Waals surface area contributed by atoms with Crippen molar-refractivity contribution in [2.45, 2.75) is 0 Å². The molecule has 0 bridgehead atoms. The van der Waals surface area contributed by atoms with Gasteiger partial charge in [-0.2, -0.15) is 0 Å². The standard InChI is InChI=1S/C13H10N2O4/c1-15-9(8-6-11(13(17)18)19-14-8)5-7-3-2-4-10(16)12(7)15/h2-6,16H,1H3,(H,17,18). The van der Waals surface area contributed by atoms with Crippen LogP contribution in [-0.2, 0) is 7.05 Å². The second-order valence-corrected chi connectivity index (χ2v) is 4.19. The fraction of sp³-hybridized carbons (Fsp3) is 0.0769. The summed E-state index contributed by atoms with van der Waals surface area (Å²) in [6.07, 6.45) is 0. The number of benzene rings is 1. The van der Waals surface area contributed by atoms with Crippen LogP contribution < -0.4 is 0 Å². The van der Waals surface area contributed by atoms with E-state index in [1.807, 2.05) is 12.1 Å². The molecule has 2 N–H and O–H groups in total. The number of fused-ring (bicyclic) bond motifs is 1. The summed E-state index contributed by atoms with van der Waals surface area (Å²) in [5, 5.41) is 23.2. The summed E-state index contributed by atoms with van der Waals surface area (Å²) in [6.45, 7) is 0. The molecule has 0 spiro atoms. The van der Waals surface area contributed by atoms with E-state index in [1.54, 1.807) is 23.7 Å². The Hall–Kier alpha value is -2.76. The molecular weight excluding hydrogens is 248 g/mol. The van der Waals surface area contributed by atoms with Crippen LogP contribution in [0.2, 0.25) is 0 Å². The number of para-hydroxylation sites is 1. The van der Waals surface area contributed by atoms with E-state index in [1.165, 1.54) is 6.07 Å². The van der Waals surface area contributed by atoms with Crippen LogP contribution in [0.4, 0.5) is 0 Å². The van der Waals surface area contributed by atoms with Crippen LogP contribution >= 0.6 is 0 Å². The number of hydrogen-bond donors (Lipinski definition) is 2. The maximum absolute atomic E-state index is 10.8. The predicted molar refractivity (Wildman–Crippen MR) is 67.0 cm³/mol. The third-order valence-corrected chi connectivity index (χ3v) is 3.02. The van der Waals surface area contributed by atoms with Gasteiger partial charge in [0.25, 0.3) is 0 Å². The van der Waals surface area contributed by atoms with Gasteiger partial charge < -0.3 is 19.3 Å². The van der Waals surface area contributed by atoms with Crippen LogP contribution in [0.1, 0.15) is 10.6 Å². The fourth-order valence-electron chi connectivity index (χ4n) is 2.14. The highest BCUT2D eigenvalue weighted by atomic mass is 16.5. The Bertz CT molecular complexity index is 785. The van der Waals surface area contributed by atoms with Crippen molar-refractivity contribution < 1.29 is 19.5 Å². The van der Waals surface area contributed by atoms with Gasteiger partial charge in [0.15, 0.2) is 0 Å². The van der Waals surface area contributed by atoms with E-state index in [4.69, 9.17) is 9.63 Å². The first-order valence-corrected chi connectivity index (χ1v) is 5.55. The number of aromatic nitrogens is 2. The first-order chi connectivity index (χ1) is 9.08. The van der Waals surface area contributed by atoms with Crippen molar-refractivity contribution in [1.82, 2.24) is 9.72 Å². The normalized spacial score (nSPS) is 11.0. The molecule has 0 aliphatic rings. The minimum Gasteiger partial charge on any atom is -0.506 e. The Morgan fingerprint density at radius 2 is 2.16 bits per heavy atom. The van der Waals surface area contributed by atoms with Gasteiger partial charge in [0.2, 0.25) is 5.76 Å². The SMILES string of the molecule is Cn1c(-c2cc(C(=O)O)on2)cc2cccc(O)c21. The topological polar surface area (TPSA) is 88.5 Å². The third kappa shape index (κ3) is 1.65. The van der Waals surface area contributed by atoms with Gasteiger partial charge in [0, 0.05) is 18.5 Å². The molecule has 2 aromatic heterocycles. The number of hydrogen-bond acceptors (Lipinski definition) is 4. The lowest BCUT2D eigenvalue weighted by Gasteiger charge is -2.01. The molecule has 96 valence electrons. The number of carboxylic acids is 1. The Kier molecular flexibility index (Phi) is 2.31. The largest absolute Gasteiger partial charge is 0.506 e.